The van der Waals surface area contributed by atoms with Crippen molar-refractivity contribution in [1.29, 1.82) is 0 Å². The van der Waals surface area contributed by atoms with Crippen LogP contribution in [-0.2, 0) is 0 Å². The van der Waals surface area contributed by atoms with E-state index in [0.29, 0.717) is 6.61 Å². The van der Waals surface area contributed by atoms with Gasteiger partial charge in [0.15, 0.2) is 0 Å². The molecule has 0 aliphatic rings. The van der Waals surface area contributed by atoms with E-state index in [-0.39, 0.29) is 18.4 Å². The number of halogens is 1. The van der Waals surface area contributed by atoms with E-state index in [1.165, 1.54) is 0 Å². The first-order chi connectivity index (χ1) is 8.76. The van der Waals surface area contributed by atoms with Crippen molar-refractivity contribution < 1.29 is 9.47 Å². The van der Waals surface area contributed by atoms with Crippen LogP contribution in [0.15, 0.2) is 24.3 Å². The van der Waals surface area contributed by atoms with Crippen LogP contribution >= 0.6 is 25.0 Å². The SMILES string of the molecule is CCOc1ccc(OCCCC[C@H](N)CS)cc1.Cl. The molecule has 0 fully saturated rings. The lowest BCUT2D eigenvalue weighted by atomic mass is 10.1. The van der Waals surface area contributed by atoms with Crippen LogP contribution in [-0.4, -0.2) is 25.0 Å². The molecule has 0 heterocycles. The highest BCUT2D eigenvalue weighted by Crippen LogP contribution is 2.17. The zero-order valence-corrected chi connectivity index (χ0v) is 13.1. The van der Waals surface area contributed by atoms with Gasteiger partial charge in [0.2, 0.25) is 0 Å². The number of thiol groups is 1. The molecule has 2 N–H and O–H groups in total. The number of rotatable bonds is 9. The fraction of sp³-hybridized carbons (Fsp3) is 0.571. The number of unbranched alkanes of at least 4 members (excludes halogenated alkanes) is 1. The van der Waals surface area contributed by atoms with E-state index in [1.807, 2.05) is 31.2 Å². The summed E-state index contributed by atoms with van der Waals surface area (Å²) in [4.78, 5) is 0. The van der Waals surface area contributed by atoms with Crippen molar-refractivity contribution >= 4 is 25.0 Å². The Kier molecular flexibility index (Phi) is 10.9. The van der Waals surface area contributed by atoms with Crippen molar-refractivity contribution in [3.05, 3.63) is 24.3 Å². The second-order valence-electron chi connectivity index (χ2n) is 4.19. The Hall–Kier alpha value is -0.580. The maximum absolute atomic E-state index is 5.78. The zero-order chi connectivity index (χ0) is 13.2. The molecule has 1 atom stereocenters. The monoisotopic (exact) mass is 305 g/mol. The minimum Gasteiger partial charge on any atom is -0.494 e. The summed E-state index contributed by atoms with van der Waals surface area (Å²) in [5.74, 6) is 2.52. The van der Waals surface area contributed by atoms with Crippen molar-refractivity contribution in [2.75, 3.05) is 19.0 Å². The predicted molar refractivity (Wildman–Crippen MR) is 86.0 cm³/mol. The van der Waals surface area contributed by atoms with Crippen LogP contribution in [0.4, 0.5) is 0 Å². The summed E-state index contributed by atoms with van der Waals surface area (Å²) >= 11 is 4.16. The predicted octanol–water partition coefficient (Wildman–Crippen LogP) is 3.31. The van der Waals surface area contributed by atoms with Crippen molar-refractivity contribution in [2.24, 2.45) is 5.73 Å². The highest BCUT2D eigenvalue weighted by atomic mass is 35.5. The third-order valence-electron chi connectivity index (χ3n) is 2.61. The Bertz CT molecular complexity index is 322. The van der Waals surface area contributed by atoms with Gasteiger partial charge < -0.3 is 15.2 Å². The van der Waals surface area contributed by atoms with Gasteiger partial charge in [0, 0.05) is 11.8 Å². The Morgan fingerprint density at radius 3 is 2.21 bits per heavy atom. The van der Waals surface area contributed by atoms with Crippen LogP contribution in [0.5, 0.6) is 11.5 Å². The van der Waals surface area contributed by atoms with Gasteiger partial charge in [0.25, 0.3) is 0 Å². The highest BCUT2D eigenvalue weighted by molar-refractivity contribution is 7.80. The first-order valence-corrected chi connectivity index (χ1v) is 7.11. The summed E-state index contributed by atoms with van der Waals surface area (Å²) in [5.41, 5.74) is 5.78. The van der Waals surface area contributed by atoms with Crippen molar-refractivity contribution in [1.82, 2.24) is 0 Å². The molecule has 0 unspecified atom stereocenters. The minimum absolute atomic E-state index is 0. The Balaban J connectivity index is 0.00000324. The van der Waals surface area contributed by atoms with Crippen molar-refractivity contribution in [3.8, 4) is 11.5 Å². The average Bonchev–Trinajstić information content (AvgIpc) is 2.40. The third kappa shape index (κ3) is 8.24. The van der Waals surface area contributed by atoms with Gasteiger partial charge in [-0.15, -0.1) is 12.4 Å². The second kappa shape index (κ2) is 11.3. The summed E-state index contributed by atoms with van der Waals surface area (Å²) in [6.07, 6.45) is 3.11. The first-order valence-electron chi connectivity index (χ1n) is 6.48. The van der Waals surface area contributed by atoms with E-state index < -0.39 is 0 Å². The molecular weight excluding hydrogens is 282 g/mol. The number of hydrogen-bond donors (Lipinski definition) is 2. The van der Waals surface area contributed by atoms with Crippen molar-refractivity contribution in [2.45, 2.75) is 32.2 Å². The van der Waals surface area contributed by atoms with Crippen molar-refractivity contribution in [3.63, 3.8) is 0 Å². The molecular formula is C14H24ClNO2S. The fourth-order valence-electron chi connectivity index (χ4n) is 1.59. The minimum atomic E-state index is 0. The zero-order valence-electron chi connectivity index (χ0n) is 11.4. The van der Waals surface area contributed by atoms with Gasteiger partial charge in [0.1, 0.15) is 11.5 Å². The smallest absolute Gasteiger partial charge is 0.119 e. The second-order valence-corrected chi connectivity index (χ2v) is 4.56. The molecule has 1 aromatic carbocycles. The number of hydrogen-bond acceptors (Lipinski definition) is 4. The largest absolute Gasteiger partial charge is 0.494 e. The fourth-order valence-corrected chi connectivity index (χ4v) is 1.77. The van der Waals surface area contributed by atoms with Gasteiger partial charge in [0.05, 0.1) is 13.2 Å². The van der Waals surface area contributed by atoms with Crippen LogP contribution in [0.25, 0.3) is 0 Å². The molecule has 0 amide bonds. The molecule has 0 spiro atoms. The Morgan fingerprint density at radius 2 is 1.68 bits per heavy atom. The number of benzene rings is 1. The van der Waals surface area contributed by atoms with Crippen LogP contribution in [0.1, 0.15) is 26.2 Å². The van der Waals surface area contributed by atoms with E-state index in [9.17, 15) is 0 Å². The van der Waals surface area contributed by atoms with Crippen LogP contribution in [0.2, 0.25) is 0 Å². The van der Waals surface area contributed by atoms with E-state index in [4.69, 9.17) is 15.2 Å². The number of nitrogens with two attached hydrogens (primary N) is 1. The van der Waals surface area contributed by atoms with Gasteiger partial charge in [-0.3, -0.25) is 0 Å². The molecule has 1 aromatic rings. The van der Waals surface area contributed by atoms with Crippen LogP contribution in [0, 0.1) is 0 Å². The average molecular weight is 306 g/mol. The Labute approximate surface area is 127 Å². The molecule has 0 aliphatic heterocycles. The molecule has 0 bridgehead atoms. The third-order valence-corrected chi connectivity index (χ3v) is 3.08. The summed E-state index contributed by atoms with van der Waals surface area (Å²) in [5, 5.41) is 0. The summed E-state index contributed by atoms with van der Waals surface area (Å²) in [6.45, 7) is 3.39. The van der Waals surface area contributed by atoms with Gasteiger partial charge in [-0.1, -0.05) is 0 Å². The lowest BCUT2D eigenvalue weighted by Gasteiger charge is -2.09. The Morgan fingerprint density at radius 1 is 1.11 bits per heavy atom. The maximum Gasteiger partial charge on any atom is 0.119 e. The summed E-state index contributed by atoms with van der Waals surface area (Å²) in [7, 11) is 0. The molecule has 110 valence electrons. The maximum atomic E-state index is 5.78. The molecule has 1 rings (SSSR count). The lowest BCUT2D eigenvalue weighted by Crippen LogP contribution is -2.21. The molecule has 0 radical (unpaired) electrons. The molecule has 0 saturated carbocycles. The van der Waals surface area contributed by atoms with E-state index in [2.05, 4.69) is 12.6 Å². The standard InChI is InChI=1S/C14H23NO2S.ClH/c1-2-16-13-6-8-14(9-7-13)17-10-4-3-5-12(15)11-18;/h6-9,12,18H,2-5,10-11,15H2,1H3;1H/t12-;/m0./s1. The quantitative estimate of drug-likeness (QED) is 0.543. The molecule has 0 aromatic heterocycles. The summed E-state index contributed by atoms with van der Waals surface area (Å²) < 4.78 is 11.0. The topological polar surface area (TPSA) is 44.5 Å². The van der Waals surface area contributed by atoms with Crippen LogP contribution < -0.4 is 15.2 Å². The lowest BCUT2D eigenvalue weighted by molar-refractivity contribution is 0.302. The first kappa shape index (κ1) is 18.4. The molecule has 19 heavy (non-hydrogen) atoms. The van der Waals surface area contributed by atoms with Gasteiger partial charge in [-0.25, -0.2) is 0 Å². The molecule has 0 aliphatic carbocycles. The normalized spacial score (nSPS) is 11.5. The van der Waals surface area contributed by atoms with Crippen LogP contribution in [0.3, 0.4) is 0 Å². The van der Waals surface area contributed by atoms with E-state index in [0.717, 1.165) is 43.1 Å². The van der Waals surface area contributed by atoms with E-state index >= 15 is 0 Å². The van der Waals surface area contributed by atoms with Gasteiger partial charge >= 0.3 is 0 Å². The van der Waals surface area contributed by atoms with Gasteiger partial charge in [-0.2, -0.15) is 12.6 Å². The van der Waals surface area contributed by atoms with Gasteiger partial charge in [-0.05, 0) is 50.5 Å². The van der Waals surface area contributed by atoms with E-state index in [1.54, 1.807) is 0 Å². The molecule has 5 heteroatoms. The molecule has 0 saturated heterocycles. The molecule has 3 nitrogen and oxygen atoms in total. The number of ether oxygens (including phenoxy) is 2. The summed E-state index contributed by atoms with van der Waals surface area (Å²) in [6, 6.07) is 7.93. The highest BCUT2D eigenvalue weighted by Gasteiger charge is 1.99.